The molecule has 3 heterocycles. The molecule has 4 rings (SSSR count). The minimum Gasteiger partial charge on any atom is -0.336 e. The number of likely N-dealkylation sites (tertiary alicyclic amines) is 1. The lowest BCUT2D eigenvalue weighted by atomic mass is 10.0. The van der Waals surface area contributed by atoms with Crippen LogP contribution in [0, 0.1) is 0 Å². The van der Waals surface area contributed by atoms with Crippen molar-refractivity contribution in [3.8, 4) is 11.3 Å². The summed E-state index contributed by atoms with van der Waals surface area (Å²) in [4.78, 5) is 18.9. The normalized spacial score (nSPS) is 17.8. The molecule has 1 aliphatic heterocycles. The van der Waals surface area contributed by atoms with E-state index >= 15 is 0 Å². The Balaban J connectivity index is 1.57. The van der Waals surface area contributed by atoms with Gasteiger partial charge in [-0.25, -0.2) is 9.67 Å². The summed E-state index contributed by atoms with van der Waals surface area (Å²) in [6, 6.07) is 9.97. The molecular weight excluding hydrogens is 304 g/mol. The number of aromatic amines is 1. The van der Waals surface area contributed by atoms with Crippen LogP contribution in [0.15, 0.2) is 49.2 Å². The molecule has 0 bridgehead atoms. The maximum atomic E-state index is 13.0. The van der Waals surface area contributed by atoms with Gasteiger partial charge in [0.15, 0.2) is 0 Å². The van der Waals surface area contributed by atoms with E-state index < -0.39 is 0 Å². The summed E-state index contributed by atoms with van der Waals surface area (Å²) < 4.78 is 1.84. The standard InChI is InChI=1S/C17H18N6O/c24-17(15-9-19-21-16(15)13-5-2-1-3-6-13)22-8-4-7-14(10-22)23-12-18-11-20-23/h1-3,5-6,9,11-12,14H,4,7-8,10H2,(H,19,21). The van der Waals surface area contributed by atoms with Crippen molar-refractivity contribution in [1.29, 1.82) is 0 Å². The molecule has 3 aromatic rings. The summed E-state index contributed by atoms with van der Waals surface area (Å²) >= 11 is 0. The minimum absolute atomic E-state index is 0.00687. The zero-order valence-corrected chi connectivity index (χ0v) is 13.2. The van der Waals surface area contributed by atoms with E-state index in [9.17, 15) is 4.79 Å². The van der Waals surface area contributed by atoms with Crippen LogP contribution in [0.2, 0.25) is 0 Å². The number of benzene rings is 1. The lowest BCUT2D eigenvalue weighted by Crippen LogP contribution is -2.40. The number of nitrogens with one attached hydrogen (secondary N) is 1. The van der Waals surface area contributed by atoms with Gasteiger partial charge in [0.1, 0.15) is 12.7 Å². The van der Waals surface area contributed by atoms with Crippen molar-refractivity contribution < 1.29 is 4.79 Å². The number of H-pyrrole nitrogens is 1. The summed E-state index contributed by atoms with van der Waals surface area (Å²) in [5.74, 6) is 0.00687. The second-order valence-corrected chi connectivity index (χ2v) is 5.95. The molecule has 1 atom stereocenters. The molecule has 0 saturated carbocycles. The maximum Gasteiger partial charge on any atom is 0.257 e. The number of piperidine rings is 1. The monoisotopic (exact) mass is 322 g/mol. The molecule has 7 nitrogen and oxygen atoms in total. The zero-order chi connectivity index (χ0) is 16.4. The summed E-state index contributed by atoms with van der Waals surface area (Å²) in [5.41, 5.74) is 2.34. The van der Waals surface area contributed by atoms with Gasteiger partial charge in [0.05, 0.1) is 23.5 Å². The van der Waals surface area contributed by atoms with Gasteiger partial charge in [-0.1, -0.05) is 30.3 Å². The number of hydrogen-bond donors (Lipinski definition) is 1. The second kappa shape index (κ2) is 6.27. The van der Waals surface area contributed by atoms with Gasteiger partial charge in [0, 0.05) is 18.7 Å². The Morgan fingerprint density at radius 3 is 2.92 bits per heavy atom. The van der Waals surface area contributed by atoms with Gasteiger partial charge >= 0.3 is 0 Å². The van der Waals surface area contributed by atoms with E-state index in [0.29, 0.717) is 12.1 Å². The number of carbonyl (C=O) groups is 1. The van der Waals surface area contributed by atoms with Crippen LogP contribution in [0.3, 0.4) is 0 Å². The van der Waals surface area contributed by atoms with Crippen molar-refractivity contribution in [3.05, 3.63) is 54.7 Å². The molecule has 0 spiro atoms. The topological polar surface area (TPSA) is 79.7 Å². The molecule has 2 aromatic heterocycles. The second-order valence-electron chi connectivity index (χ2n) is 5.95. The third kappa shape index (κ3) is 2.68. The van der Waals surface area contributed by atoms with Crippen LogP contribution < -0.4 is 0 Å². The van der Waals surface area contributed by atoms with Crippen LogP contribution in [-0.2, 0) is 0 Å². The number of rotatable bonds is 3. The quantitative estimate of drug-likeness (QED) is 0.801. The number of carbonyl (C=O) groups excluding carboxylic acids is 1. The van der Waals surface area contributed by atoms with Crippen LogP contribution in [0.25, 0.3) is 11.3 Å². The van der Waals surface area contributed by atoms with Gasteiger partial charge in [0.2, 0.25) is 0 Å². The van der Waals surface area contributed by atoms with E-state index in [-0.39, 0.29) is 11.9 Å². The van der Waals surface area contributed by atoms with E-state index in [4.69, 9.17) is 0 Å². The van der Waals surface area contributed by atoms with E-state index in [2.05, 4.69) is 20.3 Å². The first-order valence-electron chi connectivity index (χ1n) is 8.05. The van der Waals surface area contributed by atoms with Gasteiger partial charge in [-0.2, -0.15) is 10.2 Å². The van der Waals surface area contributed by atoms with Crippen molar-refractivity contribution in [1.82, 2.24) is 29.9 Å². The predicted molar refractivity (Wildman–Crippen MR) is 88.2 cm³/mol. The molecule has 1 aromatic carbocycles. The Bertz CT molecular complexity index is 811. The highest BCUT2D eigenvalue weighted by molar-refractivity contribution is 5.99. The Morgan fingerprint density at radius 1 is 1.25 bits per heavy atom. The van der Waals surface area contributed by atoms with Gasteiger partial charge in [0.25, 0.3) is 5.91 Å². The fourth-order valence-electron chi connectivity index (χ4n) is 3.20. The van der Waals surface area contributed by atoms with E-state index in [1.54, 1.807) is 12.5 Å². The number of hydrogen-bond acceptors (Lipinski definition) is 4. The van der Waals surface area contributed by atoms with Crippen molar-refractivity contribution >= 4 is 5.91 Å². The van der Waals surface area contributed by atoms with Crippen molar-refractivity contribution in [2.24, 2.45) is 0 Å². The molecule has 0 aliphatic carbocycles. The summed E-state index contributed by atoms with van der Waals surface area (Å²) in [5, 5.41) is 11.2. The van der Waals surface area contributed by atoms with Crippen LogP contribution in [-0.4, -0.2) is 48.9 Å². The lowest BCUT2D eigenvalue weighted by Gasteiger charge is -2.32. The Morgan fingerprint density at radius 2 is 2.12 bits per heavy atom. The molecule has 1 fully saturated rings. The molecular formula is C17H18N6O. The highest BCUT2D eigenvalue weighted by Crippen LogP contribution is 2.25. The molecule has 1 saturated heterocycles. The fourth-order valence-corrected chi connectivity index (χ4v) is 3.20. The molecule has 0 radical (unpaired) electrons. The van der Waals surface area contributed by atoms with Crippen LogP contribution >= 0.6 is 0 Å². The van der Waals surface area contributed by atoms with E-state index in [1.807, 2.05) is 39.9 Å². The van der Waals surface area contributed by atoms with Crippen molar-refractivity contribution in [2.45, 2.75) is 18.9 Å². The first kappa shape index (κ1) is 14.6. The highest BCUT2D eigenvalue weighted by atomic mass is 16.2. The van der Waals surface area contributed by atoms with Crippen LogP contribution in [0.5, 0.6) is 0 Å². The van der Waals surface area contributed by atoms with Crippen molar-refractivity contribution in [2.75, 3.05) is 13.1 Å². The lowest BCUT2D eigenvalue weighted by molar-refractivity contribution is 0.0673. The van der Waals surface area contributed by atoms with Crippen molar-refractivity contribution in [3.63, 3.8) is 0 Å². The van der Waals surface area contributed by atoms with E-state index in [0.717, 1.165) is 30.6 Å². The third-order valence-electron chi connectivity index (χ3n) is 4.43. The fraction of sp³-hybridized carbons (Fsp3) is 0.294. The van der Waals surface area contributed by atoms with E-state index in [1.165, 1.54) is 6.33 Å². The number of nitrogens with zero attached hydrogens (tertiary/aromatic N) is 5. The average molecular weight is 322 g/mol. The zero-order valence-electron chi connectivity index (χ0n) is 13.2. The molecule has 24 heavy (non-hydrogen) atoms. The SMILES string of the molecule is O=C(c1cn[nH]c1-c1ccccc1)N1CCCC(n2cncn2)C1. The Hall–Kier alpha value is -2.96. The van der Waals surface area contributed by atoms with Crippen LogP contribution in [0.1, 0.15) is 29.2 Å². The summed E-state index contributed by atoms with van der Waals surface area (Å²) in [7, 11) is 0. The van der Waals surface area contributed by atoms with Gasteiger partial charge < -0.3 is 4.90 Å². The highest BCUT2D eigenvalue weighted by Gasteiger charge is 2.28. The Labute approximate surface area is 139 Å². The minimum atomic E-state index is 0.00687. The Kier molecular flexibility index (Phi) is 3.82. The van der Waals surface area contributed by atoms with Crippen LogP contribution in [0.4, 0.5) is 0 Å². The number of amides is 1. The molecule has 122 valence electrons. The molecule has 1 unspecified atom stereocenters. The third-order valence-corrected chi connectivity index (χ3v) is 4.43. The number of aromatic nitrogens is 5. The average Bonchev–Trinajstić information content (AvgIpc) is 3.34. The smallest absolute Gasteiger partial charge is 0.257 e. The molecule has 1 amide bonds. The van der Waals surface area contributed by atoms with Gasteiger partial charge in [-0.15, -0.1) is 0 Å². The summed E-state index contributed by atoms with van der Waals surface area (Å²) in [6.45, 7) is 1.39. The molecule has 1 N–H and O–H groups in total. The summed E-state index contributed by atoms with van der Waals surface area (Å²) in [6.07, 6.45) is 6.82. The maximum absolute atomic E-state index is 13.0. The predicted octanol–water partition coefficient (Wildman–Crippen LogP) is 2.15. The first-order chi connectivity index (χ1) is 11.8. The largest absolute Gasteiger partial charge is 0.336 e. The first-order valence-corrected chi connectivity index (χ1v) is 8.05. The van der Waals surface area contributed by atoms with Gasteiger partial charge in [-0.3, -0.25) is 9.89 Å². The molecule has 7 heteroatoms. The van der Waals surface area contributed by atoms with Gasteiger partial charge in [-0.05, 0) is 12.8 Å². The molecule has 1 aliphatic rings.